The molecule has 6 rings (SSSR count). The molecule has 6 nitrogen and oxygen atoms in total. The van der Waals surface area contributed by atoms with Gasteiger partial charge in [-0.25, -0.2) is 4.98 Å². The van der Waals surface area contributed by atoms with E-state index in [4.69, 9.17) is 9.72 Å². The lowest BCUT2D eigenvalue weighted by atomic mass is 9.92. The summed E-state index contributed by atoms with van der Waals surface area (Å²) >= 11 is 0. The summed E-state index contributed by atoms with van der Waals surface area (Å²) in [7, 11) is 0. The van der Waals surface area contributed by atoms with Gasteiger partial charge in [-0.2, -0.15) is 9.97 Å². The molecule has 0 saturated carbocycles. The number of rotatable bonds is 8. The maximum Gasteiger partial charge on any atom is 0.320 e. The Bertz CT molecular complexity index is 1700. The summed E-state index contributed by atoms with van der Waals surface area (Å²) in [5.41, 5.74) is 0.986. The summed E-state index contributed by atoms with van der Waals surface area (Å²) in [5, 5.41) is 27.9. The average Bonchev–Trinajstić information content (AvgIpc) is 2.91. The summed E-state index contributed by atoms with van der Waals surface area (Å²) in [4.78, 5) is 13.9. The smallest absolute Gasteiger partial charge is 0.320 e. The normalized spacial score (nSPS) is 11.6. The van der Waals surface area contributed by atoms with E-state index < -0.39 is 0 Å². The van der Waals surface area contributed by atoms with Crippen molar-refractivity contribution < 1.29 is 14.9 Å². The van der Waals surface area contributed by atoms with Crippen molar-refractivity contribution in [2.24, 2.45) is 0 Å². The zero-order valence-electron chi connectivity index (χ0n) is 20.6. The van der Waals surface area contributed by atoms with Crippen molar-refractivity contribution in [3.8, 4) is 40.3 Å². The van der Waals surface area contributed by atoms with Crippen LogP contribution in [0.2, 0.25) is 0 Å². The van der Waals surface area contributed by atoms with E-state index in [0.717, 1.165) is 47.4 Å². The first-order valence-corrected chi connectivity index (χ1v) is 12.7. The van der Waals surface area contributed by atoms with E-state index in [1.54, 1.807) is 6.07 Å². The maximum atomic E-state index is 10.5. The van der Waals surface area contributed by atoms with Gasteiger partial charge in [0.1, 0.15) is 17.1 Å². The third kappa shape index (κ3) is 4.14. The van der Waals surface area contributed by atoms with Gasteiger partial charge in [-0.05, 0) is 56.9 Å². The van der Waals surface area contributed by atoms with E-state index >= 15 is 0 Å². The highest BCUT2D eigenvalue weighted by Crippen LogP contribution is 2.40. The van der Waals surface area contributed by atoms with Crippen LogP contribution in [0.5, 0.6) is 17.5 Å². The first-order valence-electron chi connectivity index (χ1n) is 12.7. The summed E-state index contributed by atoms with van der Waals surface area (Å²) in [5.74, 6) is 0.367. The third-order valence-electron chi connectivity index (χ3n) is 6.86. The van der Waals surface area contributed by atoms with E-state index in [9.17, 15) is 10.2 Å². The van der Waals surface area contributed by atoms with Crippen LogP contribution in [0.15, 0.2) is 72.8 Å². The number of phenolic OH excluding ortho intramolecular Hbond substituents is 2. The number of hydrogen-bond acceptors (Lipinski definition) is 6. The molecule has 0 unspecified atom stereocenters. The van der Waals surface area contributed by atoms with Crippen LogP contribution >= 0.6 is 0 Å². The Labute approximate surface area is 214 Å². The number of unbranched alkanes of at least 4 members (excludes halogenated alkanes) is 3. The predicted octanol–water partition coefficient (Wildman–Crippen LogP) is 7.47. The fraction of sp³-hybridized carbons (Fsp3) is 0.194. The van der Waals surface area contributed by atoms with Crippen LogP contribution < -0.4 is 4.74 Å². The molecular formula is C31H27N3O3. The number of hydrogen-bond donors (Lipinski definition) is 2. The molecule has 6 heteroatoms. The minimum Gasteiger partial charge on any atom is -0.507 e. The molecule has 6 aromatic rings. The number of nitrogens with zero attached hydrogens (tertiary/aromatic N) is 3. The number of benzene rings is 5. The Hall–Kier alpha value is -4.45. The molecular weight excluding hydrogens is 462 g/mol. The van der Waals surface area contributed by atoms with E-state index in [-0.39, 0.29) is 28.9 Å². The highest BCUT2D eigenvalue weighted by molar-refractivity contribution is 6.25. The quantitative estimate of drug-likeness (QED) is 0.170. The van der Waals surface area contributed by atoms with Gasteiger partial charge in [-0.15, -0.1) is 0 Å². The van der Waals surface area contributed by atoms with Gasteiger partial charge >= 0.3 is 6.01 Å². The zero-order valence-corrected chi connectivity index (χ0v) is 20.6. The molecule has 0 aliphatic rings. The monoisotopic (exact) mass is 489 g/mol. The summed E-state index contributed by atoms with van der Waals surface area (Å²) in [6.45, 7) is 2.65. The third-order valence-corrected chi connectivity index (χ3v) is 6.86. The Balaban J connectivity index is 1.53. The lowest BCUT2D eigenvalue weighted by Gasteiger charge is -2.15. The number of ether oxygens (including phenoxy) is 1. The Morgan fingerprint density at radius 1 is 0.649 bits per heavy atom. The first-order chi connectivity index (χ1) is 18.1. The van der Waals surface area contributed by atoms with Gasteiger partial charge in [0, 0.05) is 5.56 Å². The zero-order chi connectivity index (χ0) is 25.4. The van der Waals surface area contributed by atoms with Gasteiger partial charge in [0.2, 0.25) is 0 Å². The number of aromatic nitrogens is 3. The van der Waals surface area contributed by atoms with E-state index in [2.05, 4.69) is 65.4 Å². The fourth-order valence-electron chi connectivity index (χ4n) is 5.03. The lowest BCUT2D eigenvalue weighted by Crippen LogP contribution is -2.05. The molecule has 1 heterocycles. The van der Waals surface area contributed by atoms with Crippen molar-refractivity contribution in [1.29, 1.82) is 0 Å². The summed E-state index contributed by atoms with van der Waals surface area (Å²) in [6, 6.07) is 23.7. The Morgan fingerprint density at radius 2 is 1.30 bits per heavy atom. The minimum absolute atomic E-state index is 0.110. The SMILES string of the molecule is CCCCCCOc1nc(-c2c(O)cccc2O)nc(-c2ccc3ccc4cccc5ccc2c3c45)n1. The van der Waals surface area contributed by atoms with E-state index in [0.29, 0.717) is 12.4 Å². The lowest BCUT2D eigenvalue weighted by molar-refractivity contribution is 0.281. The summed E-state index contributed by atoms with van der Waals surface area (Å²) in [6.07, 6.45) is 4.24. The molecule has 0 radical (unpaired) electrons. The van der Waals surface area contributed by atoms with Crippen LogP contribution in [0, 0.1) is 0 Å². The molecule has 1 aromatic heterocycles. The predicted molar refractivity (Wildman–Crippen MR) is 147 cm³/mol. The Morgan fingerprint density at radius 3 is 2.05 bits per heavy atom. The molecule has 0 aliphatic carbocycles. The van der Waals surface area contributed by atoms with Crippen LogP contribution in [0.4, 0.5) is 0 Å². The molecule has 0 aliphatic heterocycles. The molecule has 184 valence electrons. The molecule has 0 fully saturated rings. The van der Waals surface area contributed by atoms with Crippen LogP contribution in [0.3, 0.4) is 0 Å². The van der Waals surface area contributed by atoms with Crippen molar-refractivity contribution in [3.05, 3.63) is 72.8 Å². The largest absolute Gasteiger partial charge is 0.507 e. The van der Waals surface area contributed by atoms with Crippen LogP contribution in [-0.2, 0) is 0 Å². The van der Waals surface area contributed by atoms with Crippen molar-refractivity contribution in [1.82, 2.24) is 15.0 Å². The second kappa shape index (κ2) is 9.54. The van der Waals surface area contributed by atoms with Crippen LogP contribution in [-0.4, -0.2) is 31.8 Å². The van der Waals surface area contributed by atoms with Crippen molar-refractivity contribution >= 4 is 32.3 Å². The standard InChI is InChI=1S/C31H27N3O3/c1-2-3-4-5-18-37-31-33-29(32-30(34-31)28-24(35)10-7-11-25(28)36)23-17-15-21-13-12-19-8-6-9-20-14-16-22(23)27(21)26(19)20/h6-17,35-36H,2-5,18H2,1H3. The Kier molecular flexibility index (Phi) is 5.93. The van der Waals surface area contributed by atoms with Crippen LogP contribution in [0.25, 0.3) is 55.1 Å². The van der Waals surface area contributed by atoms with Crippen molar-refractivity contribution in [2.45, 2.75) is 32.6 Å². The molecule has 0 saturated heterocycles. The molecule has 0 bridgehead atoms. The average molecular weight is 490 g/mol. The van der Waals surface area contributed by atoms with E-state index in [1.807, 2.05) is 6.07 Å². The molecule has 5 aromatic carbocycles. The van der Waals surface area contributed by atoms with Gasteiger partial charge in [-0.3, -0.25) is 0 Å². The fourth-order valence-corrected chi connectivity index (χ4v) is 5.03. The first kappa shape index (κ1) is 23.0. The van der Waals surface area contributed by atoms with Gasteiger partial charge < -0.3 is 14.9 Å². The minimum atomic E-state index is -0.110. The molecule has 0 spiro atoms. The molecule has 2 N–H and O–H groups in total. The van der Waals surface area contributed by atoms with Gasteiger partial charge in [0.15, 0.2) is 11.6 Å². The number of aromatic hydroxyl groups is 2. The maximum absolute atomic E-state index is 10.5. The number of phenols is 2. The van der Waals surface area contributed by atoms with Gasteiger partial charge in [-0.1, -0.05) is 80.8 Å². The molecule has 0 amide bonds. The van der Waals surface area contributed by atoms with Gasteiger partial charge in [0.05, 0.1) is 6.61 Å². The second-order valence-electron chi connectivity index (χ2n) is 9.31. The topological polar surface area (TPSA) is 88.4 Å². The van der Waals surface area contributed by atoms with Crippen LogP contribution in [0.1, 0.15) is 32.6 Å². The molecule has 37 heavy (non-hydrogen) atoms. The van der Waals surface area contributed by atoms with Gasteiger partial charge in [0.25, 0.3) is 0 Å². The summed E-state index contributed by atoms with van der Waals surface area (Å²) < 4.78 is 5.96. The second-order valence-corrected chi connectivity index (χ2v) is 9.31. The molecule has 0 atom stereocenters. The highest BCUT2D eigenvalue weighted by atomic mass is 16.5. The highest BCUT2D eigenvalue weighted by Gasteiger charge is 2.19. The van der Waals surface area contributed by atoms with Crippen molar-refractivity contribution in [3.63, 3.8) is 0 Å². The van der Waals surface area contributed by atoms with E-state index in [1.165, 1.54) is 28.3 Å². The van der Waals surface area contributed by atoms with Crippen molar-refractivity contribution in [2.75, 3.05) is 6.61 Å².